The molecule has 11 heteroatoms. The van der Waals surface area contributed by atoms with Crippen molar-refractivity contribution in [1.82, 2.24) is 14.8 Å². The number of fused-ring (bicyclic) bond motifs is 1. The third-order valence-corrected chi connectivity index (χ3v) is 9.14. The van der Waals surface area contributed by atoms with E-state index in [0.29, 0.717) is 92.9 Å². The first-order valence-electron chi connectivity index (χ1n) is 15.2. The zero-order chi connectivity index (χ0) is 31.3. The number of likely N-dealkylation sites (tertiary alicyclic amines) is 1. The molecule has 0 aliphatic carbocycles. The summed E-state index contributed by atoms with van der Waals surface area (Å²) in [6, 6.07) is 7.41. The first-order chi connectivity index (χ1) is 21.2. The number of hydrogen-bond acceptors (Lipinski definition) is 6. The van der Waals surface area contributed by atoms with Gasteiger partial charge < -0.3 is 19.5 Å². The Bertz CT molecular complexity index is 1440. The number of carbonyl (C=O) groups is 1. The van der Waals surface area contributed by atoms with Crippen LogP contribution in [0.15, 0.2) is 36.5 Å². The predicted octanol–water partition coefficient (Wildman–Crippen LogP) is 6.08. The average molecular weight is 618 g/mol. The number of halogens is 4. The molecule has 7 nitrogen and oxygen atoms in total. The fourth-order valence-corrected chi connectivity index (χ4v) is 6.44. The van der Waals surface area contributed by atoms with Crippen LogP contribution in [0.1, 0.15) is 55.0 Å². The Hall–Kier alpha value is -3.28. The summed E-state index contributed by atoms with van der Waals surface area (Å²) >= 11 is 0. The molecule has 44 heavy (non-hydrogen) atoms. The molecule has 2 fully saturated rings. The number of carboxylic acid groups (broad SMARTS) is 1. The Morgan fingerprint density at radius 2 is 1.77 bits per heavy atom. The van der Waals surface area contributed by atoms with Crippen molar-refractivity contribution in [2.45, 2.75) is 51.2 Å². The topological polar surface area (TPSA) is 75.1 Å². The first-order valence-corrected chi connectivity index (χ1v) is 15.2. The van der Waals surface area contributed by atoms with Gasteiger partial charge in [0.2, 0.25) is 0 Å². The Morgan fingerprint density at radius 3 is 2.43 bits per heavy atom. The third-order valence-electron chi connectivity index (χ3n) is 9.14. The van der Waals surface area contributed by atoms with E-state index in [-0.39, 0.29) is 12.8 Å². The number of aliphatic carboxylic acids is 1. The number of aryl methyl sites for hydroxylation is 1. The second-order valence-electron chi connectivity index (χ2n) is 11.9. The number of alkyl halides is 1. The molecule has 5 rings (SSSR count). The minimum Gasteiger partial charge on any atom is -0.497 e. The number of piperidine rings is 1. The molecular weight excluding hydrogens is 578 g/mol. The Labute approximate surface area is 254 Å². The number of ether oxygens (including phenoxy) is 2. The van der Waals surface area contributed by atoms with Crippen LogP contribution in [0.3, 0.4) is 0 Å². The van der Waals surface area contributed by atoms with E-state index < -0.39 is 35.0 Å². The third kappa shape index (κ3) is 7.33. The van der Waals surface area contributed by atoms with Crippen molar-refractivity contribution >= 4 is 16.9 Å². The normalized spacial score (nSPS) is 18.4. The van der Waals surface area contributed by atoms with E-state index in [9.17, 15) is 23.1 Å². The smallest absolute Gasteiger partial charge is 0.309 e. The van der Waals surface area contributed by atoms with Crippen LogP contribution < -0.4 is 4.74 Å². The van der Waals surface area contributed by atoms with Crippen molar-refractivity contribution in [3.63, 3.8) is 0 Å². The lowest BCUT2D eigenvalue weighted by Gasteiger charge is -2.39. The molecule has 2 aliphatic rings. The van der Waals surface area contributed by atoms with Gasteiger partial charge in [0.25, 0.3) is 0 Å². The lowest BCUT2D eigenvalue weighted by atomic mass is 9.74. The molecule has 1 N–H and O–H groups in total. The first kappa shape index (κ1) is 32.1. The molecule has 0 radical (unpaired) electrons. The lowest BCUT2D eigenvalue weighted by Crippen LogP contribution is -2.44. The number of rotatable bonds is 12. The SMILES string of the molecule is COc1ccc2ncc(CN3CCOCC3)c(C(F)CCC3(C(=O)O)CCN(CCCc4cc(F)c(F)c(F)c4)CC3)c2c1. The van der Waals surface area contributed by atoms with Gasteiger partial charge in [0.05, 0.1) is 31.3 Å². The highest BCUT2D eigenvalue weighted by molar-refractivity contribution is 5.85. The molecule has 3 heterocycles. The van der Waals surface area contributed by atoms with Crippen LogP contribution in [0, 0.1) is 22.9 Å². The van der Waals surface area contributed by atoms with E-state index in [1.54, 1.807) is 31.5 Å². The molecule has 0 amide bonds. The van der Waals surface area contributed by atoms with Crippen LogP contribution in [-0.4, -0.2) is 78.9 Å². The van der Waals surface area contributed by atoms with Gasteiger partial charge in [-0.05, 0) is 99.6 Å². The Balaban J connectivity index is 1.25. The fourth-order valence-electron chi connectivity index (χ4n) is 6.44. The van der Waals surface area contributed by atoms with Gasteiger partial charge in [-0.2, -0.15) is 0 Å². The van der Waals surface area contributed by atoms with E-state index in [4.69, 9.17) is 9.47 Å². The van der Waals surface area contributed by atoms with E-state index >= 15 is 4.39 Å². The molecular formula is C33H39F4N3O4. The number of benzene rings is 2. The van der Waals surface area contributed by atoms with Gasteiger partial charge in [-0.3, -0.25) is 14.7 Å². The number of pyridine rings is 1. The molecule has 1 aromatic heterocycles. The molecule has 1 atom stereocenters. The van der Waals surface area contributed by atoms with Crippen LogP contribution in [0.25, 0.3) is 10.9 Å². The van der Waals surface area contributed by atoms with Crippen molar-refractivity contribution in [2.75, 3.05) is 53.0 Å². The fraction of sp³-hybridized carbons (Fsp3) is 0.515. The van der Waals surface area contributed by atoms with Crippen LogP contribution in [0.2, 0.25) is 0 Å². The van der Waals surface area contributed by atoms with Gasteiger partial charge in [0, 0.05) is 36.8 Å². The molecule has 2 aromatic carbocycles. The molecule has 1 unspecified atom stereocenters. The molecule has 2 aliphatic heterocycles. The van der Waals surface area contributed by atoms with Gasteiger partial charge in [-0.25, -0.2) is 17.6 Å². The van der Waals surface area contributed by atoms with Crippen molar-refractivity contribution in [3.8, 4) is 5.75 Å². The maximum Gasteiger partial charge on any atom is 0.309 e. The zero-order valence-electron chi connectivity index (χ0n) is 25.0. The highest BCUT2D eigenvalue weighted by atomic mass is 19.2. The minimum atomic E-state index is -1.48. The Kier molecular flexibility index (Phi) is 10.4. The van der Waals surface area contributed by atoms with E-state index in [1.165, 1.54) is 0 Å². The summed E-state index contributed by atoms with van der Waals surface area (Å²) < 4.78 is 67.6. The van der Waals surface area contributed by atoms with E-state index in [1.807, 2.05) is 0 Å². The largest absolute Gasteiger partial charge is 0.497 e. The molecule has 238 valence electrons. The summed E-state index contributed by atoms with van der Waals surface area (Å²) in [5.74, 6) is -4.21. The van der Waals surface area contributed by atoms with Crippen LogP contribution >= 0.6 is 0 Å². The monoisotopic (exact) mass is 617 g/mol. The summed E-state index contributed by atoms with van der Waals surface area (Å²) in [4.78, 5) is 21.5. The number of nitrogens with zero attached hydrogens (tertiary/aromatic N) is 3. The highest BCUT2D eigenvalue weighted by Crippen LogP contribution is 2.42. The summed E-state index contributed by atoms with van der Waals surface area (Å²) in [6.45, 7) is 4.88. The molecule has 3 aromatic rings. The van der Waals surface area contributed by atoms with Crippen molar-refractivity contribution in [2.24, 2.45) is 5.41 Å². The van der Waals surface area contributed by atoms with Crippen molar-refractivity contribution < 1.29 is 36.9 Å². The minimum absolute atomic E-state index is 0.0560. The average Bonchev–Trinajstić information content (AvgIpc) is 3.03. The quantitative estimate of drug-likeness (QED) is 0.195. The lowest BCUT2D eigenvalue weighted by molar-refractivity contribution is -0.153. The standard InChI is InChI=1S/C33H39F4N3O4/c1-43-24-4-5-29-25(19-24)30(23(20-38-29)21-40-13-15-44-16-14-40)26(34)6-7-33(32(41)42)8-11-39(12-9-33)10-2-3-22-17-27(35)31(37)28(36)18-22/h4-5,17-20,26H,2-3,6-16,21H2,1H3,(H,41,42). The van der Waals surface area contributed by atoms with Gasteiger partial charge in [-0.1, -0.05) is 0 Å². The zero-order valence-corrected chi connectivity index (χ0v) is 25.0. The highest BCUT2D eigenvalue weighted by Gasteiger charge is 2.42. The molecule has 2 saturated heterocycles. The van der Waals surface area contributed by atoms with Crippen LogP contribution in [0.5, 0.6) is 5.75 Å². The van der Waals surface area contributed by atoms with Gasteiger partial charge in [0.1, 0.15) is 11.9 Å². The summed E-state index contributed by atoms with van der Waals surface area (Å²) in [6.07, 6.45) is 2.29. The molecule has 0 saturated carbocycles. The van der Waals surface area contributed by atoms with Gasteiger partial charge in [-0.15, -0.1) is 0 Å². The number of morpholine rings is 1. The number of methoxy groups -OCH3 is 1. The molecule has 0 spiro atoms. The second-order valence-corrected chi connectivity index (χ2v) is 11.9. The summed E-state index contributed by atoms with van der Waals surface area (Å²) in [5.41, 5.74) is 1.30. The van der Waals surface area contributed by atoms with E-state index in [2.05, 4.69) is 14.8 Å². The number of aromatic nitrogens is 1. The van der Waals surface area contributed by atoms with Crippen LogP contribution in [0.4, 0.5) is 17.6 Å². The summed E-state index contributed by atoms with van der Waals surface area (Å²) in [7, 11) is 1.56. The summed E-state index contributed by atoms with van der Waals surface area (Å²) in [5, 5.41) is 11.0. The second kappa shape index (κ2) is 14.2. The van der Waals surface area contributed by atoms with Gasteiger partial charge in [0.15, 0.2) is 17.5 Å². The predicted molar refractivity (Wildman–Crippen MR) is 158 cm³/mol. The maximum absolute atomic E-state index is 16.4. The van der Waals surface area contributed by atoms with E-state index in [0.717, 1.165) is 30.8 Å². The molecule has 0 bridgehead atoms. The Morgan fingerprint density at radius 1 is 1.07 bits per heavy atom. The maximum atomic E-state index is 16.4. The van der Waals surface area contributed by atoms with Crippen molar-refractivity contribution in [3.05, 3.63) is 70.7 Å². The number of carboxylic acids is 1. The number of hydrogen-bond donors (Lipinski definition) is 1. The van der Waals surface area contributed by atoms with Crippen LogP contribution in [-0.2, 0) is 22.5 Å². The van der Waals surface area contributed by atoms with Gasteiger partial charge >= 0.3 is 5.97 Å². The van der Waals surface area contributed by atoms with Crippen molar-refractivity contribution in [1.29, 1.82) is 0 Å².